The number of rotatable bonds is 6. The lowest BCUT2D eigenvalue weighted by atomic mass is 9.98. The monoisotopic (exact) mass is 504 g/mol. The van der Waals surface area contributed by atoms with Gasteiger partial charge in [-0.25, -0.2) is 0 Å². The molecule has 36 heavy (non-hydrogen) atoms. The van der Waals surface area contributed by atoms with E-state index in [1.807, 2.05) is 24.3 Å². The second-order valence-corrected chi connectivity index (χ2v) is 10.6. The maximum atomic E-state index is 13.1. The molecule has 3 aliphatic rings. The maximum absolute atomic E-state index is 13.1. The molecule has 2 aromatic carbocycles. The topological polar surface area (TPSA) is 58.1 Å². The first kappa shape index (κ1) is 23.3. The van der Waals surface area contributed by atoms with Gasteiger partial charge in [-0.05, 0) is 73.1 Å². The van der Waals surface area contributed by atoms with Crippen LogP contribution in [0.1, 0.15) is 31.2 Å². The van der Waals surface area contributed by atoms with Crippen LogP contribution < -0.4 is 14.4 Å². The Bertz CT molecular complexity index is 1250. The first-order chi connectivity index (χ1) is 17.7. The molecule has 1 aromatic heterocycles. The lowest BCUT2D eigenvalue weighted by Crippen LogP contribution is -2.49. The molecule has 0 unspecified atom stereocenters. The van der Waals surface area contributed by atoms with Crippen LogP contribution in [0.5, 0.6) is 11.5 Å². The smallest absolute Gasteiger partial charge is 0.246 e. The van der Waals surface area contributed by atoms with Gasteiger partial charge in [0.15, 0.2) is 11.5 Å². The zero-order chi connectivity index (χ0) is 24.3. The van der Waals surface area contributed by atoms with Crippen LogP contribution in [0.4, 0.5) is 5.82 Å². The number of fused-ring (bicyclic) bond motifs is 2. The van der Waals surface area contributed by atoms with E-state index in [1.54, 1.807) is 17.6 Å². The molecule has 0 saturated carbocycles. The zero-order valence-electron chi connectivity index (χ0n) is 20.5. The lowest BCUT2D eigenvalue weighted by molar-refractivity contribution is -0.129. The normalized spacial score (nSPS) is 20.5. The second-order valence-electron chi connectivity index (χ2n) is 9.75. The highest BCUT2D eigenvalue weighted by molar-refractivity contribution is 7.13. The summed E-state index contributed by atoms with van der Waals surface area (Å²) in [7, 11) is 0. The molecular weight excluding hydrogens is 472 g/mol. The number of hydrogen-bond donors (Lipinski definition) is 0. The van der Waals surface area contributed by atoms with E-state index in [1.165, 1.54) is 16.5 Å². The van der Waals surface area contributed by atoms with Crippen molar-refractivity contribution in [1.82, 2.24) is 14.2 Å². The molecule has 1 amide bonds. The summed E-state index contributed by atoms with van der Waals surface area (Å²) in [6.07, 6.45) is 8.01. The van der Waals surface area contributed by atoms with Gasteiger partial charge >= 0.3 is 0 Å². The van der Waals surface area contributed by atoms with Crippen molar-refractivity contribution in [1.29, 1.82) is 0 Å². The molecule has 0 spiro atoms. The minimum Gasteiger partial charge on any atom is -0.454 e. The summed E-state index contributed by atoms with van der Waals surface area (Å²) in [6.45, 7) is 6.21. The van der Waals surface area contributed by atoms with Crippen molar-refractivity contribution < 1.29 is 14.3 Å². The molecule has 7 nitrogen and oxygen atoms in total. The third-order valence-electron chi connectivity index (χ3n) is 7.53. The largest absolute Gasteiger partial charge is 0.454 e. The standard InChI is InChI=1S/C28H32N4O3S/c33-27(11-9-21-8-10-24-25(19-21)35-20-34-24)32-13-4-3-5-22(32)12-14-30-15-17-31(18-16-30)28-23-6-1-2-7-26(23)36-29-28/h1-2,6-11,19,22H,3-5,12-18,20H2/b11-9+/t22-/m1/s1. The number of amides is 1. The van der Waals surface area contributed by atoms with Gasteiger partial charge in [0.05, 0.1) is 4.70 Å². The van der Waals surface area contributed by atoms with E-state index in [2.05, 4.69) is 39.0 Å². The van der Waals surface area contributed by atoms with Crippen molar-refractivity contribution in [2.75, 3.05) is 51.0 Å². The Morgan fingerprint density at radius 2 is 1.89 bits per heavy atom. The molecule has 4 heterocycles. The number of ether oxygens (including phenoxy) is 2. The number of anilines is 1. The van der Waals surface area contributed by atoms with Gasteiger partial charge in [0, 0.05) is 56.8 Å². The molecule has 8 heteroatoms. The van der Waals surface area contributed by atoms with Gasteiger partial charge in [-0.1, -0.05) is 18.2 Å². The molecule has 6 rings (SSSR count). The molecule has 188 valence electrons. The van der Waals surface area contributed by atoms with E-state index >= 15 is 0 Å². The molecule has 2 saturated heterocycles. The number of piperidine rings is 1. The minimum absolute atomic E-state index is 0.109. The Morgan fingerprint density at radius 3 is 2.81 bits per heavy atom. The number of carbonyl (C=O) groups excluding carboxylic acids is 1. The van der Waals surface area contributed by atoms with Crippen LogP contribution in [0.25, 0.3) is 16.2 Å². The number of piperazine rings is 1. The van der Waals surface area contributed by atoms with Crippen LogP contribution in [0.2, 0.25) is 0 Å². The van der Waals surface area contributed by atoms with E-state index in [9.17, 15) is 4.79 Å². The molecule has 0 radical (unpaired) electrons. The summed E-state index contributed by atoms with van der Waals surface area (Å²) in [4.78, 5) is 20.2. The van der Waals surface area contributed by atoms with Gasteiger partial charge in [0.1, 0.15) is 5.82 Å². The summed E-state index contributed by atoms with van der Waals surface area (Å²) in [5.41, 5.74) is 0.951. The van der Waals surface area contributed by atoms with E-state index in [-0.39, 0.29) is 12.7 Å². The predicted octanol–water partition coefficient (Wildman–Crippen LogP) is 4.63. The van der Waals surface area contributed by atoms with Crippen LogP contribution in [-0.4, -0.2) is 72.2 Å². The predicted molar refractivity (Wildman–Crippen MR) is 144 cm³/mol. The van der Waals surface area contributed by atoms with Gasteiger partial charge in [-0.15, -0.1) is 0 Å². The summed E-state index contributed by atoms with van der Waals surface area (Å²) >= 11 is 1.59. The van der Waals surface area contributed by atoms with Gasteiger partial charge < -0.3 is 19.3 Å². The summed E-state index contributed by atoms with van der Waals surface area (Å²) in [5.74, 6) is 2.74. The Morgan fingerprint density at radius 1 is 1.03 bits per heavy atom. The lowest BCUT2D eigenvalue weighted by Gasteiger charge is -2.39. The Labute approximate surface area is 216 Å². The van der Waals surface area contributed by atoms with Crippen LogP contribution in [-0.2, 0) is 4.79 Å². The van der Waals surface area contributed by atoms with Gasteiger partial charge in [-0.3, -0.25) is 9.69 Å². The fraction of sp³-hybridized carbons (Fsp3) is 0.429. The maximum Gasteiger partial charge on any atom is 0.246 e. The van der Waals surface area contributed by atoms with Crippen LogP contribution in [0.15, 0.2) is 48.5 Å². The highest BCUT2D eigenvalue weighted by Gasteiger charge is 2.27. The van der Waals surface area contributed by atoms with Gasteiger partial charge in [0.2, 0.25) is 12.7 Å². The molecule has 0 N–H and O–H groups in total. The number of benzene rings is 2. The minimum atomic E-state index is 0.109. The Hall–Kier alpha value is -3.10. The first-order valence-corrected chi connectivity index (χ1v) is 13.7. The second kappa shape index (κ2) is 10.5. The van der Waals surface area contributed by atoms with Crippen molar-refractivity contribution in [3.63, 3.8) is 0 Å². The van der Waals surface area contributed by atoms with Crippen LogP contribution in [0.3, 0.4) is 0 Å². The van der Waals surface area contributed by atoms with Crippen molar-refractivity contribution >= 4 is 39.4 Å². The fourth-order valence-corrected chi connectivity index (χ4v) is 6.28. The number of nitrogens with zero attached hydrogens (tertiary/aromatic N) is 4. The van der Waals surface area contributed by atoms with Crippen LogP contribution >= 0.6 is 11.5 Å². The Balaban J connectivity index is 1.02. The van der Waals surface area contributed by atoms with E-state index in [0.29, 0.717) is 6.04 Å². The zero-order valence-corrected chi connectivity index (χ0v) is 21.3. The summed E-state index contributed by atoms with van der Waals surface area (Å²) in [6, 6.07) is 14.6. The third kappa shape index (κ3) is 4.92. The molecule has 3 aliphatic heterocycles. The summed E-state index contributed by atoms with van der Waals surface area (Å²) < 4.78 is 16.8. The van der Waals surface area contributed by atoms with E-state index in [4.69, 9.17) is 13.8 Å². The van der Waals surface area contributed by atoms with Crippen molar-refractivity contribution in [3.8, 4) is 11.5 Å². The highest BCUT2D eigenvalue weighted by atomic mass is 32.1. The SMILES string of the molecule is O=C(/C=C/c1ccc2c(c1)OCO2)N1CCCC[C@@H]1CCN1CCN(c2nsc3ccccc23)CC1. The van der Waals surface area contributed by atoms with Crippen LogP contribution in [0, 0.1) is 0 Å². The van der Waals surface area contributed by atoms with Gasteiger partial charge in [-0.2, -0.15) is 4.37 Å². The van der Waals surface area contributed by atoms with E-state index in [0.717, 1.165) is 81.4 Å². The number of aromatic nitrogens is 1. The summed E-state index contributed by atoms with van der Waals surface area (Å²) in [5, 5.41) is 1.26. The van der Waals surface area contributed by atoms with Crippen molar-refractivity contribution in [2.24, 2.45) is 0 Å². The highest BCUT2D eigenvalue weighted by Crippen LogP contribution is 2.33. The number of carbonyl (C=O) groups is 1. The quantitative estimate of drug-likeness (QED) is 0.456. The number of likely N-dealkylation sites (tertiary alicyclic amines) is 1. The van der Waals surface area contributed by atoms with Crippen molar-refractivity contribution in [3.05, 3.63) is 54.1 Å². The molecule has 0 aliphatic carbocycles. The molecule has 2 fully saturated rings. The number of hydrogen-bond acceptors (Lipinski definition) is 7. The van der Waals surface area contributed by atoms with E-state index < -0.39 is 0 Å². The first-order valence-electron chi connectivity index (χ1n) is 12.9. The average molecular weight is 505 g/mol. The molecule has 3 aromatic rings. The molecule has 1 atom stereocenters. The van der Waals surface area contributed by atoms with Gasteiger partial charge in [0.25, 0.3) is 0 Å². The Kier molecular flexibility index (Phi) is 6.79. The van der Waals surface area contributed by atoms with Crippen molar-refractivity contribution in [2.45, 2.75) is 31.7 Å². The molecule has 0 bridgehead atoms. The molecular formula is C28H32N4O3S. The third-order valence-corrected chi connectivity index (χ3v) is 8.35. The average Bonchev–Trinajstić information content (AvgIpc) is 3.58. The fourth-order valence-electron chi connectivity index (χ4n) is 5.49.